The topological polar surface area (TPSA) is 124 Å². The SMILES string of the molecule is COc1ccc(-c2nc(C(=O)N3CCN(CC4CCCO4)C(=O)C3)c([C@H](C)N)o2)c2ccc(C(F)(F)F)nc12. The van der Waals surface area contributed by atoms with Crippen LogP contribution in [0.3, 0.4) is 0 Å². The van der Waals surface area contributed by atoms with Crippen molar-refractivity contribution in [1.29, 1.82) is 0 Å². The number of rotatable bonds is 6. The van der Waals surface area contributed by atoms with Gasteiger partial charge in [-0.3, -0.25) is 9.59 Å². The predicted octanol–water partition coefficient (Wildman–Crippen LogP) is 3.40. The summed E-state index contributed by atoms with van der Waals surface area (Å²) in [5.74, 6) is -0.479. The normalized spacial score (nSPS) is 19.1. The number of piperazine rings is 1. The van der Waals surface area contributed by atoms with Crippen LogP contribution in [0.1, 0.15) is 47.7 Å². The molecule has 2 aliphatic heterocycles. The lowest BCUT2D eigenvalue weighted by Gasteiger charge is -2.35. The number of carbonyl (C=O) groups excluding carboxylic acids is 2. The first-order chi connectivity index (χ1) is 18.6. The fraction of sp³-hybridized carbons (Fsp3) is 0.462. The highest BCUT2D eigenvalue weighted by molar-refractivity contribution is 5.99. The lowest BCUT2D eigenvalue weighted by Crippen LogP contribution is -2.54. The number of nitrogens with two attached hydrogens (primary N) is 1. The van der Waals surface area contributed by atoms with Crippen LogP contribution in [0.5, 0.6) is 5.75 Å². The van der Waals surface area contributed by atoms with Crippen LogP contribution in [0.25, 0.3) is 22.4 Å². The number of benzene rings is 1. The summed E-state index contributed by atoms with van der Waals surface area (Å²) in [7, 11) is 1.33. The van der Waals surface area contributed by atoms with Crippen molar-refractivity contribution in [3.05, 3.63) is 41.4 Å². The van der Waals surface area contributed by atoms with Gasteiger partial charge >= 0.3 is 6.18 Å². The largest absolute Gasteiger partial charge is 0.494 e. The van der Waals surface area contributed by atoms with E-state index in [2.05, 4.69) is 9.97 Å². The van der Waals surface area contributed by atoms with Gasteiger partial charge in [0.15, 0.2) is 11.5 Å². The molecule has 13 heteroatoms. The van der Waals surface area contributed by atoms with Crippen LogP contribution in [0.15, 0.2) is 28.7 Å². The minimum atomic E-state index is -4.65. The second-order valence-electron chi connectivity index (χ2n) is 9.63. The highest BCUT2D eigenvalue weighted by Gasteiger charge is 2.35. The van der Waals surface area contributed by atoms with Gasteiger partial charge in [-0.15, -0.1) is 0 Å². The Kier molecular flexibility index (Phi) is 7.21. The number of pyridine rings is 1. The average Bonchev–Trinajstić information content (AvgIpc) is 3.58. The monoisotopic (exact) mass is 547 g/mol. The maximum atomic E-state index is 13.5. The Bertz CT molecular complexity index is 1400. The third-order valence-corrected chi connectivity index (χ3v) is 6.88. The first-order valence-corrected chi connectivity index (χ1v) is 12.6. The lowest BCUT2D eigenvalue weighted by molar-refractivity contribution is -0.141. The zero-order chi connectivity index (χ0) is 27.9. The molecule has 2 N–H and O–H groups in total. The maximum Gasteiger partial charge on any atom is 0.433 e. The van der Waals surface area contributed by atoms with Crippen LogP contribution in [0.2, 0.25) is 0 Å². The number of oxazole rings is 1. The van der Waals surface area contributed by atoms with Gasteiger partial charge in [-0.1, -0.05) is 0 Å². The number of fused-ring (bicyclic) bond motifs is 1. The van der Waals surface area contributed by atoms with Crippen LogP contribution in [-0.2, 0) is 15.7 Å². The van der Waals surface area contributed by atoms with Gasteiger partial charge in [-0.2, -0.15) is 13.2 Å². The molecule has 4 heterocycles. The third-order valence-electron chi connectivity index (χ3n) is 6.88. The van der Waals surface area contributed by atoms with Crippen molar-refractivity contribution in [1.82, 2.24) is 19.8 Å². The van der Waals surface area contributed by atoms with E-state index in [-0.39, 0.29) is 52.6 Å². The number of hydrogen-bond donors (Lipinski definition) is 1. The Morgan fingerprint density at radius 1 is 1.23 bits per heavy atom. The number of nitrogens with zero attached hydrogens (tertiary/aromatic N) is 4. The number of alkyl halides is 3. The average molecular weight is 548 g/mol. The second kappa shape index (κ2) is 10.5. The molecule has 0 radical (unpaired) electrons. The van der Waals surface area contributed by atoms with E-state index in [4.69, 9.17) is 19.6 Å². The molecule has 2 aliphatic rings. The summed E-state index contributed by atoms with van der Waals surface area (Å²) in [5, 5.41) is 0.289. The van der Waals surface area contributed by atoms with Gasteiger partial charge in [0.2, 0.25) is 11.8 Å². The summed E-state index contributed by atoms with van der Waals surface area (Å²) in [5.41, 5.74) is 5.24. The molecule has 0 aliphatic carbocycles. The van der Waals surface area contributed by atoms with Crippen LogP contribution in [0.4, 0.5) is 13.2 Å². The molecule has 2 amide bonds. The summed E-state index contributed by atoms with van der Waals surface area (Å²) >= 11 is 0. The number of ether oxygens (including phenoxy) is 2. The van der Waals surface area contributed by atoms with Gasteiger partial charge in [0, 0.05) is 37.2 Å². The molecule has 2 saturated heterocycles. The Morgan fingerprint density at radius 2 is 2.03 bits per heavy atom. The molecule has 39 heavy (non-hydrogen) atoms. The number of aromatic nitrogens is 2. The molecule has 0 saturated carbocycles. The number of amides is 2. The molecule has 2 aromatic heterocycles. The summed E-state index contributed by atoms with van der Waals surface area (Å²) in [6.45, 7) is 3.34. The molecule has 3 aromatic rings. The smallest absolute Gasteiger partial charge is 0.433 e. The van der Waals surface area contributed by atoms with E-state index >= 15 is 0 Å². The Labute approximate surface area is 221 Å². The Morgan fingerprint density at radius 3 is 2.67 bits per heavy atom. The van der Waals surface area contributed by atoms with Crippen LogP contribution >= 0.6 is 0 Å². The van der Waals surface area contributed by atoms with Crippen molar-refractivity contribution in [2.45, 2.75) is 38.1 Å². The fourth-order valence-corrected chi connectivity index (χ4v) is 4.87. The van der Waals surface area contributed by atoms with Crippen LogP contribution in [0, 0.1) is 0 Å². The van der Waals surface area contributed by atoms with Crippen molar-refractivity contribution < 1.29 is 36.7 Å². The van der Waals surface area contributed by atoms with Crippen molar-refractivity contribution >= 4 is 22.7 Å². The first-order valence-electron chi connectivity index (χ1n) is 12.6. The van der Waals surface area contributed by atoms with Crippen molar-refractivity contribution in [3.63, 3.8) is 0 Å². The number of carbonyl (C=O) groups is 2. The number of hydrogen-bond acceptors (Lipinski definition) is 8. The molecule has 208 valence electrons. The van der Waals surface area contributed by atoms with Gasteiger partial charge in [0.05, 0.1) is 19.3 Å². The second-order valence-corrected chi connectivity index (χ2v) is 9.63. The van der Waals surface area contributed by atoms with E-state index in [0.29, 0.717) is 31.8 Å². The first kappa shape index (κ1) is 26.9. The Balaban J connectivity index is 1.45. The maximum absolute atomic E-state index is 13.5. The lowest BCUT2D eigenvalue weighted by atomic mass is 10.1. The minimum absolute atomic E-state index is 0.0109. The summed E-state index contributed by atoms with van der Waals surface area (Å²) in [4.78, 5) is 37.5. The van der Waals surface area contributed by atoms with Gasteiger partial charge in [0.1, 0.15) is 23.5 Å². The zero-order valence-electron chi connectivity index (χ0n) is 21.5. The summed E-state index contributed by atoms with van der Waals surface area (Å²) in [6, 6.07) is 4.41. The van der Waals surface area contributed by atoms with Crippen molar-refractivity contribution in [3.8, 4) is 17.2 Å². The molecular formula is C26H28F3N5O5. The quantitative estimate of drug-likeness (QED) is 0.498. The summed E-state index contributed by atoms with van der Waals surface area (Å²) in [6.07, 6.45) is -2.76. The standard InChI is InChI=1S/C26H28F3N5O5/c1-14(30)23-22(25(36)34-10-9-33(20(35)13-34)12-15-4-3-11-38-15)32-24(39-23)17-5-7-18(37-2)21-16(17)6-8-19(31-21)26(27,28)29/h5-8,14-15H,3-4,9-13,30H2,1-2H3/t14-,15?/m0/s1. The molecule has 10 nitrogen and oxygen atoms in total. The molecule has 0 bridgehead atoms. The van der Waals surface area contributed by atoms with Gasteiger partial charge < -0.3 is 29.4 Å². The number of halogens is 3. The van der Waals surface area contributed by atoms with E-state index in [0.717, 1.165) is 18.9 Å². The fourth-order valence-electron chi connectivity index (χ4n) is 4.87. The number of methoxy groups -OCH3 is 1. The third kappa shape index (κ3) is 5.28. The van der Waals surface area contributed by atoms with E-state index in [9.17, 15) is 22.8 Å². The van der Waals surface area contributed by atoms with Crippen LogP contribution in [-0.4, -0.2) is 77.6 Å². The minimum Gasteiger partial charge on any atom is -0.494 e. The van der Waals surface area contributed by atoms with E-state index in [1.54, 1.807) is 17.9 Å². The summed E-state index contributed by atoms with van der Waals surface area (Å²) < 4.78 is 56.7. The highest BCUT2D eigenvalue weighted by atomic mass is 19.4. The van der Waals surface area contributed by atoms with Crippen molar-refractivity contribution in [2.24, 2.45) is 5.73 Å². The molecule has 1 aromatic carbocycles. The zero-order valence-corrected chi connectivity index (χ0v) is 21.5. The molecule has 0 spiro atoms. The molecule has 2 atom stereocenters. The molecule has 2 fully saturated rings. The Hall–Kier alpha value is -3.71. The van der Waals surface area contributed by atoms with E-state index < -0.39 is 23.8 Å². The van der Waals surface area contributed by atoms with Crippen LogP contribution < -0.4 is 10.5 Å². The van der Waals surface area contributed by atoms with Crippen molar-refractivity contribution in [2.75, 3.05) is 39.9 Å². The van der Waals surface area contributed by atoms with Gasteiger partial charge in [0.25, 0.3) is 5.91 Å². The van der Waals surface area contributed by atoms with E-state index in [1.807, 2.05) is 0 Å². The molecule has 5 rings (SSSR count). The molecule has 1 unspecified atom stereocenters. The van der Waals surface area contributed by atoms with E-state index in [1.165, 1.54) is 24.1 Å². The van der Waals surface area contributed by atoms with Gasteiger partial charge in [-0.25, -0.2) is 9.97 Å². The molecular weight excluding hydrogens is 519 g/mol. The van der Waals surface area contributed by atoms with Gasteiger partial charge in [-0.05, 0) is 44.0 Å². The predicted molar refractivity (Wildman–Crippen MR) is 133 cm³/mol. The highest BCUT2D eigenvalue weighted by Crippen LogP contribution is 2.37.